The zero-order valence-electron chi connectivity index (χ0n) is 14.1. The number of aliphatic hydroxyl groups is 2. The third kappa shape index (κ3) is 4.13. The van der Waals surface area contributed by atoms with E-state index in [2.05, 4.69) is 10.1 Å². The van der Waals surface area contributed by atoms with Crippen molar-refractivity contribution in [3.63, 3.8) is 0 Å². The molecule has 140 valence electrons. The van der Waals surface area contributed by atoms with Crippen LogP contribution in [0.5, 0.6) is 0 Å². The highest BCUT2D eigenvalue weighted by atomic mass is 16.6. The van der Waals surface area contributed by atoms with E-state index in [1.165, 1.54) is 18.2 Å². The predicted molar refractivity (Wildman–Crippen MR) is 91.8 cm³/mol. The van der Waals surface area contributed by atoms with Crippen LogP contribution in [-0.2, 0) is 16.1 Å². The van der Waals surface area contributed by atoms with Gasteiger partial charge in [-0.05, 0) is 17.2 Å². The SMILES string of the molecule is O=C(NCC(O)C(O)c1cccc2c1C(=O)OC2=O)OCc1ccccc1. The first-order valence-corrected chi connectivity index (χ1v) is 8.17. The number of hydrogen-bond acceptors (Lipinski definition) is 7. The van der Waals surface area contributed by atoms with Crippen LogP contribution in [0.15, 0.2) is 48.5 Å². The average molecular weight is 371 g/mol. The van der Waals surface area contributed by atoms with E-state index in [9.17, 15) is 24.6 Å². The zero-order chi connectivity index (χ0) is 19.4. The van der Waals surface area contributed by atoms with Gasteiger partial charge in [0, 0.05) is 6.54 Å². The van der Waals surface area contributed by atoms with Gasteiger partial charge in [-0.2, -0.15) is 0 Å². The summed E-state index contributed by atoms with van der Waals surface area (Å²) in [5, 5.41) is 22.8. The quantitative estimate of drug-likeness (QED) is 0.517. The molecule has 0 aliphatic carbocycles. The van der Waals surface area contributed by atoms with E-state index in [-0.39, 0.29) is 29.8 Å². The van der Waals surface area contributed by atoms with Gasteiger partial charge in [0.15, 0.2) is 0 Å². The van der Waals surface area contributed by atoms with E-state index in [1.54, 1.807) is 12.1 Å². The number of rotatable bonds is 6. The smallest absolute Gasteiger partial charge is 0.407 e. The molecule has 2 aromatic rings. The van der Waals surface area contributed by atoms with Gasteiger partial charge in [-0.25, -0.2) is 14.4 Å². The highest BCUT2D eigenvalue weighted by molar-refractivity contribution is 6.15. The second kappa shape index (κ2) is 7.98. The van der Waals surface area contributed by atoms with Crippen molar-refractivity contribution >= 4 is 18.0 Å². The van der Waals surface area contributed by atoms with E-state index in [0.29, 0.717) is 0 Å². The molecule has 1 aliphatic rings. The second-order valence-corrected chi connectivity index (χ2v) is 5.90. The van der Waals surface area contributed by atoms with Gasteiger partial charge in [0.25, 0.3) is 0 Å². The summed E-state index contributed by atoms with van der Waals surface area (Å²) in [5.41, 5.74) is 0.797. The van der Waals surface area contributed by atoms with Gasteiger partial charge in [0.05, 0.1) is 11.1 Å². The van der Waals surface area contributed by atoms with Gasteiger partial charge >= 0.3 is 18.0 Å². The number of alkyl carbamates (subject to hydrolysis) is 1. The molecule has 2 unspecified atom stereocenters. The number of ether oxygens (including phenoxy) is 2. The summed E-state index contributed by atoms with van der Waals surface area (Å²) in [6.07, 6.45) is -3.70. The van der Waals surface area contributed by atoms with E-state index in [0.717, 1.165) is 5.56 Å². The molecule has 27 heavy (non-hydrogen) atoms. The van der Waals surface area contributed by atoms with Crippen molar-refractivity contribution in [1.29, 1.82) is 0 Å². The number of esters is 2. The Morgan fingerprint density at radius 1 is 1.04 bits per heavy atom. The molecular formula is C19H17NO7. The van der Waals surface area contributed by atoms with Gasteiger partial charge in [-0.3, -0.25) is 0 Å². The number of aliphatic hydroxyl groups excluding tert-OH is 2. The number of amides is 1. The number of cyclic esters (lactones) is 2. The summed E-state index contributed by atoms with van der Waals surface area (Å²) in [6, 6.07) is 13.3. The van der Waals surface area contributed by atoms with Crippen molar-refractivity contribution in [2.24, 2.45) is 0 Å². The van der Waals surface area contributed by atoms with Crippen LogP contribution < -0.4 is 5.32 Å². The number of carbonyl (C=O) groups is 3. The molecule has 1 amide bonds. The minimum Gasteiger partial charge on any atom is -0.445 e. The van der Waals surface area contributed by atoms with Gasteiger partial charge in [0.2, 0.25) is 0 Å². The lowest BCUT2D eigenvalue weighted by Crippen LogP contribution is -2.36. The van der Waals surface area contributed by atoms with Crippen LogP contribution in [0.3, 0.4) is 0 Å². The molecule has 1 aliphatic heterocycles. The first kappa shape index (κ1) is 18.6. The lowest BCUT2D eigenvalue weighted by atomic mass is 9.95. The Kier molecular flexibility index (Phi) is 5.49. The molecule has 2 aromatic carbocycles. The summed E-state index contributed by atoms with van der Waals surface area (Å²) in [6.45, 7) is -0.257. The number of carbonyl (C=O) groups excluding carboxylic acids is 3. The average Bonchev–Trinajstić information content (AvgIpc) is 2.98. The van der Waals surface area contributed by atoms with Gasteiger partial charge in [-0.1, -0.05) is 42.5 Å². The molecule has 0 spiro atoms. The lowest BCUT2D eigenvalue weighted by molar-refractivity contribution is 0.0174. The van der Waals surface area contributed by atoms with E-state index in [1.807, 2.05) is 18.2 Å². The number of hydrogen-bond donors (Lipinski definition) is 3. The summed E-state index contributed by atoms with van der Waals surface area (Å²) in [5.74, 6) is -1.69. The van der Waals surface area contributed by atoms with Crippen molar-refractivity contribution in [3.8, 4) is 0 Å². The van der Waals surface area contributed by atoms with Gasteiger partial charge in [0.1, 0.15) is 18.8 Å². The van der Waals surface area contributed by atoms with Crippen LogP contribution in [0.4, 0.5) is 4.79 Å². The van der Waals surface area contributed by atoms with E-state index >= 15 is 0 Å². The van der Waals surface area contributed by atoms with Crippen molar-refractivity contribution in [3.05, 3.63) is 70.8 Å². The molecule has 0 aromatic heterocycles. The normalized spacial score (nSPS) is 14.9. The third-order valence-corrected chi connectivity index (χ3v) is 4.06. The summed E-state index contributed by atoms with van der Waals surface area (Å²) in [7, 11) is 0. The largest absolute Gasteiger partial charge is 0.445 e. The summed E-state index contributed by atoms with van der Waals surface area (Å²) < 4.78 is 9.52. The molecule has 0 bridgehead atoms. The lowest BCUT2D eigenvalue weighted by Gasteiger charge is -2.19. The van der Waals surface area contributed by atoms with Crippen LogP contribution in [-0.4, -0.2) is 40.9 Å². The minimum atomic E-state index is -1.51. The van der Waals surface area contributed by atoms with Crippen LogP contribution in [0.1, 0.15) is 37.9 Å². The Morgan fingerprint density at radius 2 is 1.78 bits per heavy atom. The summed E-state index contributed by atoms with van der Waals surface area (Å²) in [4.78, 5) is 35.1. The molecule has 0 radical (unpaired) electrons. The maximum absolute atomic E-state index is 11.8. The molecule has 8 nitrogen and oxygen atoms in total. The maximum atomic E-state index is 11.8. The van der Waals surface area contributed by atoms with Crippen LogP contribution in [0, 0.1) is 0 Å². The molecule has 0 saturated carbocycles. The Balaban J connectivity index is 1.57. The number of nitrogens with one attached hydrogen (secondary N) is 1. The van der Waals surface area contributed by atoms with Crippen LogP contribution in [0.2, 0.25) is 0 Å². The zero-order valence-corrected chi connectivity index (χ0v) is 14.1. The highest BCUT2D eigenvalue weighted by Crippen LogP contribution is 2.29. The molecule has 0 saturated heterocycles. The third-order valence-electron chi connectivity index (χ3n) is 4.06. The van der Waals surface area contributed by atoms with Crippen molar-refractivity contribution in [2.75, 3.05) is 6.54 Å². The molecular weight excluding hydrogens is 354 g/mol. The molecule has 2 atom stereocenters. The second-order valence-electron chi connectivity index (χ2n) is 5.90. The monoisotopic (exact) mass is 371 g/mol. The van der Waals surface area contributed by atoms with Crippen LogP contribution >= 0.6 is 0 Å². The highest BCUT2D eigenvalue weighted by Gasteiger charge is 2.35. The Labute approximate surface area is 154 Å². The predicted octanol–water partition coefficient (Wildman–Crippen LogP) is 1.32. The first-order chi connectivity index (χ1) is 13.0. The first-order valence-electron chi connectivity index (χ1n) is 8.17. The topological polar surface area (TPSA) is 122 Å². The number of benzene rings is 2. The summed E-state index contributed by atoms with van der Waals surface area (Å²) >= 11 is 0. The number of fused-ring (bicyclic) bond motifs is 1. The van der Waals surface area contributed by atoms with Crippen molar-refractivity contribution in [2.45, 2.75) is 18.8 Å². The van der Waals surface area contributed by atoms with Crippen molar-refractivity contribution < 1.29 is 34.1 Å². The fraction of sp³-hybridized carbons (Fsp3) is 0.211. The standard InChI is InChI=1S/C19H17NO7/c21-14(9-20-19(25)26-10-11-5-2-1-3-6-11)16(22)12-7-4-8-13-15(12)18(24)27-17(13)23/h1-8,14,16,21-22H,9-10H2,(H,20,25). The maximum Gasteiger partial charge on any atom is 0.407 e. The molecule has 3 N–H and O–H groups in total. The van der Waals surface area contributed by atoms with Crippen molar-refractivity contribution in [1.82, 2.24) is 5.32 Å². The fourth-order valence-electron chi connectivity index (χ4n) is 2.69. The van der Waals surface area contributed by atoms with E-state index < -0.39 is 30.2 Å². The molecule has 3 rings (SSSR count). The van der Waals surface area contributed by atoms with Crippen LogP contribution in [0.25, 0.3) is 0 Å². The van der Waals surface area contributed by atoms with Gasteiger partial charge < -0.3 is 25.0 Å². The molecule has 8 heteroatoms. The Bertz CT molecular complexity index is 866. The van der Waals surface area contributed by atoms with E-state index in [4.69, 9.17) is 4.74 Å². The minimum absolute atomic E-state index is 0.0268. The van der Waals surface area contributed by atoms with Gasteiger partial charge in [-0.15, -0.1) is 0 Å². The molecule has 0 fully saturated rings. The molecule has 1 heterocycles. The Hall–Kier alpha value is -3.23. The Morgan fingerprint density at radius 3 is 2.52 bits per heavy atom. The fourth-order valence-corrected chi connectivity index (χ4v) is 2.69.